The minimum Gasteiger partial charge on any atom is -0.379 e. The van der Waals surface area contributed by atoms with Gasteiger partial charge in [-0.05, 0) is 49.9 Å². The highest BCUT2D eigenvalue weighted by Gasteiger charge is 2.24. The summed E-state index contributed by atoms with van der Waals surface area (Å²) in [6.07, 6.45) is 5.74. The van der Waals surface area contributed by atoms with Crippen LogP contribution < -0.4 is 10.6 Å². The van der Waals surface area contributed by atoms with Gasteiger partial charge in [0.1, 0.15) is 5.82 Å². The van der Waals surface area contributed by atoms with Gasteiger partial charge in [-0.3, -0.25) is 9.69 Å². The molecule has 174 valence electrons. The van der Waals surface area contributed by atoms with Gasteiger partial charge in [-0.2, -0.15) is 0 Å². The number of halogens is 1. The number of amides is 1. The zero-order valence-electron chi connectivity index (χ0n) is 18.5. The average molecular weight is 469 g/mol. The van der Waals surface area contributed by atoms with Gasteiger partial charge < -0.3 is 15.4 Å². The summed E-state index contributed by atoms with van der Waals surface area (Å²) < 4.78 is 7.20. The van der Waals surface area contributed by atoms with Crippen molar-refractivity contribution in [3.8, 4) is 11.3 Å². The lowest BCUT2D eigenvalue weighted by molar-refractivity contribution is -0.124. The Kier molecular flexibility index (Phi) is 6.75. The summed E-state index contributed by atoms with van der Waals surface area (Å²) in [6, 6.07) is 12.2. The van der Waals surface area contributed by atoms with Crippen LogP contribution in [0.1, 0.15) is 25.7 Å². The first kappa shape index (κ1) is 22.1. The van der Waals surface area contributed by atoms with Crippen LogP contribution in [0.2, 0.25) is 5.02 Å². The largest absolute Gasteiger partial charge is 0.379 e. The van der Waals surface area contributed by atoms with E-state index in [1.165, 1.54) is 0 Å². The van der Waals surface area contributed by atoms with Crippen molar-refractivity contribution in [3.05, 3.63) is 47.6 Å². The topological polar surface area (TPSA) is 83.8 Å². The molecule has 0 atom stereocenters. The molecule has 2 fully saturated rings. The first-order valence-electron chi connectivity index (χ1n) is 11.6. The molecule has 2 aliphatic rings. The zero-order valence-corrected chi connectivity index (χ0v) is 19.3. The minimum atomic E-state index is 0.120. The maximum Gasteiger partial charge on any atom is 0.234 e. The van der Waals surface area contributed by atoms with Gasteiger partial charge in [0.2, 0.25) is 5.91 Å². The van der Waals surface area contributed by atoms with E-state index in [2.05, 4.69) is 20.5 Å². The Morgan fingerprint density at radius 3 is 2.67 bits per heavy atom. The first-order valence-corrected chi connectivity index (χ1v) is 12.0. The van der Waals surface area contributed by atoms with Crippen molar-refractivity contribution in [2.24, 2.45) is 0 Å². The Labute approximate surface area is 198 Å². The van der Waals surface area contributed by atoms with Crippen molar-refractivity contribution in [1.29, 1.82) is 0 Å². The van der Waals surface area contributed by atoms with Crippen LogP contribution in [0.4, 0.5) is 5.82 Å². The molecule has 8 nitrogen and oxygen atoms in total. The van der Waals surface area contributed by atoms with E-state index in [1.54, 1.807) is 0 Å². The number of ether oxygens (including phenoxy) is 1. The Balaban J connectivity index is 1.16. The van der Waals surface area contributed by atoms with Gasteiger partial charge in [-0.25, -0.2) is 9.50 Å². The van der Waals surface area contributed by atoms with E-state index in [1.807, 2.05) is 47.1 Å². The molecule has 1 aromatic carbocycles. The van der Waals surface area contributed by atoms with E-state index in [4.69, 9.17) is 21.4 Å². The summed E-state index contributed by atoms with van der Waals surface area (Å²) in [7, 11) is 0. The predicted molar refractivity (Wildman–Crippen MR) is 129 cm³/mol. The normalized spacial score (nSPS) is 21.7. The number of morpholine rings is 1. The number of aromatic nitrogens is 3. The van der Waals surface area contributed by atoms with Crippen molar-refractivity contribution >= 4 is 29.0 Å². The van der Waals surface area contributed by atoms with Crippen LogP contribution in [0.25, 0.3) is 16.9 Å². The summed E-state index contributed by atoms with van der Waals surface area (Å²) >= 11 is 6.17. The third-order valence-corrected chi connectivity index (χ3v) is 6.63. The maximum absolute atomic E-state index is 12.4. The van der Waals surface area contributed by atoms with Crippen molar-refractivity contribution in [2.75, 3.05) is 38.2 Å². The zero-order chi connectivity index (χ0) is 22.6. The van der Waals surface area contributed by atoms with Gasteiger partial charge in [0.15, 0.2) is 5.65 Å². The van der Waals surface area contributed by atoms with Crippen molar-refractivity contribution in [2.45, 2.75) is 37.8 Å². The predicted octanol–water partition coefficient (Wildman–Crippen LogP) is 3.22. The van der Waals surface area contributed by atoms with E-state index >= 15 is 0 Å². The SMILES string of the molecule is O=C(CN1CCOCC1)N[C@H]1CC[C@H](Nc2ccc3ncc(-c4cccc(Cl)c4)n3n2)CC1. The monoisotopic (exact) mass is 468 g/mol. The molecular formula is C24H29ClN6O2. The van der Waals surface area contributed by atoms with Crippen LogP contribution in [-0.2, 0) is 9.53 Å². The number of rotatable bonds is 6. The van der Waals surface area contributed by atoms with Crippen LogP contribution in [0.5, 0.6) is 0 Å². The number of carbonyl (C=O) groups excluding carboxylic acids is 1. The summed E-state index contributed by atoms with van der Waals surface area (Å²) in [6.45, 7) is 3.55. The lowest BCUT2D eigenvalue weighted by Gasteiger charge is -2.31. The number of fused-ring (bicyclic) bond motifs is 1. The number of nitrogens with one attached hydrogen (secondary N) is 2. The second-order valence-electron chi connectivity index (χ2n) is 8.79. The fourth-order valence-corrected chi connectivity index (χ4v) is 4.81. The molecular weight excluding hydrogens is 440 g/mol. The van der Waals surface area contributed by atoms with Gasteiger partial charge in [0.05, 0.1) is 31.6 Å². The van der Waals surface area contributed by atoms with E-state index in [0.717, 1.165) is 61.5 Å². The van der Waals surface area contributed by atoms with Gasteiger partial charge in [-0.15, -0.1) is 5.10 Å². The summed E-state index contributed by atoms with van der Waals surface area (Å²) in [5.41, 5.74) is 2.68. The number of nitrogens with zero attached hydrogens (tertiary/aromatic N) is 4. The Bertz CT molecular complexity index is 1110. The molecule has 0 radical (unpaired) electrons. The number of anilines is 1. The Morgan fingerprint density at radius 2 is 1.88 bits per heavy atom. The molecule has 0 spiro atoms. The fraction of sp³-hybridized carbons (Fsp3) is 0.458. The molecule has 5 rings (SSSR count). The van der Waals surface area contributed by atoms with Crippen LogP contribution in [0.3, 0.4) is 0 Å². The maximum atomic E-state index is 12.4. The summed E-state index contributed by atoms with van der Waals surface area (Å²) in [5.74, 6) is 0.942. The molecule has 33 heavy (non-hydrogen) atoms. The second kappa shape index (κ2) is 10.1. The van der Waals surface area contributed by atoms with Gasteiger partial charge in [0.25, 0.3) is 0 Å². The molecule has 0 unspecified atom stereocenters. The molecule has 1 aliphatic carbocycles. The second-order valence-corrected chi connectivity index (χ2v) is 9.23. The van der Waals surface area contributed by atoms with E-state index in [0.29, 0.717) is 30.8 Å². The van der Waals surface area contributed by atoms with Crippen LogP contribution in [-0.4, -0.2) is 70.3 Å². The highest BCUT2D eigenvalue weighted by Crippen LogP contribution is 2.25. The van der Waals surface area contributed by atoms with E-state index < -0.39 is 0 Å². The number of imidazole rings is 1. The van der Waals surface area contributed by atoms with Gasteiger partial charge in [0, 0.05) is 35.8 Å². The van der Waals surface area contributed by atoms with Crippen molar-refractivity contribution < 1.29 is 9.53 Å². The number of benzene rings is 1. The minimum absolute atomic E-state index is 0.120. The molecule has 1 aliphatic heterocycles. The lowest BCUT2D eigenvalue weighted by Crippen LogP contribution is -2.47. The summed E-state index contributed by atoms with van der Waals surface area (Å²) in [4.78, 5) is 19.0. The van der Waals surface area contributed by atoms with Crippen LogP contribution >= 0.6 is 11.6 Å². The number of carbonyl (C=O) groups is 1. The lowest BCUT2D eigenvalue weighted by atomic mass is 9.91. The van der Waals surface area contributed by atoms with Crippen molar-refractivity contribution in [3.63, 3.8) is 0 Å². The number of hydrogen-bond acceptors (Lipinski definition) is 6. The van der Waals surface area contributed by atoms with Gasteiger partial charge >= 0.3 is 0 Å². The molecule has 2 N–H and O–H groups in total. The molecule has 3 aromatic rings. The highest BCUT2D eigenvalue weighted by molar-refractivity contribution is 6.30. The van der Waals surface area contributed by atoms with E-state index in [-0.39, 0.29) is 11.9 Å². The fourth-order valence-electron chi connectivity index (χ4n) is 4.62. The Morgan fingerprint density at radius 1 is 1.09 bits per heavy atom. The molecule has 3 heterocycles. The van der Waals surface area contributed by atoms with Crippen molar-refractivity contribution in [1.82, 2.24) is 24.8 Å². The highest BCUT2D eigenvalue weighted by atomic mass is 35.5. The summed E-state index contributed by atoms with van der Waals surface area (Å²) in [5, 5.41) is 12.3. The third-order valence-electron chi connectivity index (χ3n) is 6.40. The smallest absolute Gasteiger partial charge is 0.234 e. The molecule has 9 heteroatoms. The Hall–Kier alpha value is -2.68. The molecule has 1 saturated carbocycles. The number of hydrogen-bond donors (Lipinski definition) is 2. The van der Waals surface area contributed by atoms with E-state index in [9.17, 15) is 4.79 Å². The standard InChI is InChI=1S/C24H29ClN6O2/c25-18-3-1-2-17(14-18)21-15-26-23-9-8-22(29-31(21)23)27-19-4-6-20(7-5-19)28-24(32)16-30-10-12-33-13-11-30/h1-3,8-9,14-15,19-20H,4-7,10-13,16H2,(H,27,29)(H,28,32)/t19-,20-. The third kappa shape index (κ3) is 5.46. The van der Waals surface area contributed by atoms with Crippen LogP contribution in [0, 0.1) is 0 Å². The first-order chi connectivity index (χ1) is 16.1. The molecule has 2 aromatic heterocycles. The quantitative estimate of drug-likeness (QED) is 0.578. The molecule has 1 amide bonds. The molecule has 0 bridgehead atoms. The average Bonchev–Trinajstić information content (AvgIpc) is 3.24. The van der Waals surface area contributed by atoms with Crippen LogP contribution in [0.15, 0.2) is 42.6 Å². The van der Waals surface area contributed by atoms with Gasteiger partial charge in [-0.1, -0.05) is 23.7 Å². The molecule has 1 saturated heterocycles.